The van der Waals surface area contributed by atoms with Gasteiger partial charge in [0, 0.05) is 42.3 Å². The molecule has 0 atom stereocenters. The van der Waals surface area contributed by atoms with E-state index in [4.69, 9.17) is 4.98 Å². The van der Waals surface area contributed by atoms with Crippen molar-refractivity contribution >= 4 is 22.2 Å². The second-order valence-electron chi connectivity index (χ2n) is 6.94. The van der Waals surface area contributed by atoms with Crippen LogP contribution in [0.4, 0.5) is 0 Å². The Bertz CT molecular complexity index is 860. The first-order valence-corrected chi connectivity index (χ1v) is 9.87. The highest BCUT2D eigenvalue weighted by Gasteiger charge is 2.20. The first-order chi connectivity index (χ1) is 12.2. The number of fused-ring (bicyclic) bond motifs is 1. The number of aryl methyl sites for hydroxylation is 1. The Labute approximate surface area is 152 Å². The van der Waals surface area contributed by atoms with E-state index in [1.807, 2.05) is 23.1 Å². The van der Waals surface area contributed by atoms with Crippen LogP contribution in [-0.4, -0.2) is 33.3 Å². The minimum atomic E-state index is 0.287. The highest BCUT2D eigenvalue weighted by atomic mass is 32.1. The van der Waals surface area contributed by atoms with Crippen LogP contribution in [0.3, 0.4) is 0 Å². The zero-order chi connectivity index (χ0) is 17.2. The number of rotatable bonds is 4. The van der Waals surface area contributed by atoms with E-state index in [0.717, 1.165) is 54.5 Å². The molecule has 0 spiro atoms. The van der Waals surface area contributed by atoms with Gasteiger partial charge < -0.3 is 4.90 Å². The van der Waals surface area contributed by atoms with Gasteiger partial charge in [0.15, 0.2) is 4.96 Å². The molecule has 3 heterocycles. The van der Waals surface area contributed by atoms with Gasteiger partial charge in [-0.3, -0.25) is 9.20 Å². The van der Waals surface area contributed by atoms with Crippen molar-refractivity contribution in [3.63, 3.8) is 0 Å². The Kier molecular flexibility index (Phi) is 4.57. The normalized spacial score (nSPS) is 15.8. The molecule has 1 amide bonds. The average Bonchev–Trinajstić information content (AvgIpc) is 3.22. The van der Waals surface area contributed by atoms with Gasteiger partial charge >= 0.3 is 0 Å². The van der Waals surface area contributed by atoms with Crippen molar-refractivity contribution in [3.8, 4) is 11.3 Å². The molecule has 1 aliphatic heterocycles. The molecule has 1 aliphatic rings. The van der Waals surface area contributed by atoms with Crippen LogP contribution >= 0.6 is 11.3 Å². The van der Waals surface area contributed by atoms with Gasteiger partial charge in [-0.05, 0) is 25.2 Å². The first-order valence-electron chi connectivity index (χ1n) is 8.99. The van der Waals surface area contributed by atoms with E-state index < -0.39 is 0 Å². The Morgan fingerprint density at radius 2 is 2.00 bits per heavy atom. The summed E-state index contributed by atoms with van der Waals surface area (Å²) in [5.41, 5.74) is 3.29. The number of hydrogen-bond acceptors (Lipinski definition) is 3. The van der Waals surface area contributed by atoms with Crippen molar-refractivity contribution < 1.29 is 4.79 Å². The Morgan fingerprint density at radius 1 is 1.24 bits per heavy atom. The van der Waals surface area contributed by atoms with Crippen molar-refractivity contribution in [3.05, 3.63) is 47.6 Å². The summed E-state index contributed by atoms with van der Waals surface area (Å²) in [6, 6.07) is 10.2. The fourth-order valence-electron chi connectivity index (χ4n) is 3.41. The standard InChI is InChI=1S/C20H23N3OS/c1-15-9-11-22(12-10-15)19(24)8-7-17-14-25-20-21-18(13-23(17)20)16-5-3-2-4-6-16/h2-6,13-15H,7-12H2,1H3. The van der Waals surface area contributed by atoms with Gasteiger partial charge in [0.1, 0.15) is 0 Å². The van der Waals surface area contributed by atoms with Crippen molar-refractivity contribution in [1.82, 2.24) is 14.3 Å². The number of carbonyl (C=O) groups is 1. The fraction of sp³-hybridized carbons (Fsp3) is 0.400. The van der Waals surface area contributed by atoms with Crippen molar-refractivity contribution in [2.24, 2.45) is 5.92 Å². The molecule has 5 heteroatoms. The van der Waals surface area contributed by atoms with Crippen LogP contribution in [0.15, 0.2) is 41.9 Å². The second-order valence-corrected chi connectivity index (χ2v) is 7.77. The van der Waals surface area contributed by atoms with Crippen LogP contribution in [0.5, 0.6) is 0 Å². The van der Waals surface area contributed by atoms with E-state index in [0.29, 0.717) is 6.42 Å². The largest absolute Gasteiger partial charge is 0.343 e. The van der Waals surface area contributed by atoms with Crippen molar-refractivity contribution in [2.45, 2.75) is 32.6 Å². The Hall–Kier alpha value is -2.14. The van der Waals surface area contributed by atoms with Crippen LogP contribution in [0.1, 0.15) is 31.9 Å². The molecule has 0 bridgehead atoms. The van der Waals surface area contributed by atoms with E-state index in [1.54, 1.807) is 11.3 Å². The minimum absolute atomic E-state index is 0.287. The van der Waals surface area contributed by atoms with Gasteiger partial charge in [-0.1, -0.05) is 37.3 Å². The number of likely N-dealkylation sites (tertiary alicyclic amines) is 1. The van der Waals surface area contributed by atoms with E-state index in [9.17, 15) is 4.79 Å². The van der Waals surface area contributed by atoms with Crippen molar-refractivity contribution in [1.29, 1.82) is 0 Å². The summed E-state index contributed by atoms with van der Waals surface area (Å²) >= 11 is 1.64. The summed E-state index contributed by atoms with van der Waals surface area (Å²) in [6.07, 6.45) is 5.71. The number of hydrogen-bond donors (Lipinski definition) is 0. The molecule has 0 radical (unpaired) electrons. The molecule has 0 aliphatic carbocycles. The molecule has 1 fully saturated rings. The molecule has 4 rings (SSSR count). The summed E-state index contributed by atoms with van der Waals surface area (Å²) in [4.78, 5) is 20.2. The zero-order valence-corrected chi connectivity index (χ0v) is 15.3. The molecule has 130 valence electrons. The predicted octanol–water partition coefficient (Wildman–Crippen LogP) is 4.25. The molecule has 0 N–H and O–H groups in total. The quantitative estimate of drug-likeness (QED) is 0.703. The molecular weight excluding hydrogens is 330 g/mol. The number of carbonyl (C=O) groups excluding carboxylic acids is 1. The van der Waals surface area contributed by atoms with Gasteiger partial charge in [0.05, 0.1) is 5.69 Å². The third-order valence-electron chi connectivity index (χ3n) is 5.08. The summed E-state index contributed by atoms with van der Waals surface area (Å²) in [5.74, 6) is 1.04. The molecule has 0 unspecified atom stereocenters. The summed E-state index contributed by atoms with van der Waals surface area (Å²) < 4.78 is 2.14. The lowest BCUT2D eigenvalue weighted by Gasteiger charge is -2.30. The Morgan fingerprint density at radius 3 is 2.76 bits per heavy atom. The van der Waals surface area contributed by atoms with Crippen LogP contribution in [0, 0.1) is 5.92 Å². The third-order valence-corrected chi connectivity index (χ3v) is 5.97. The molecule has 2 aromatic heterocycles. The Balaban J connectivity index is 1.45. The lowest BCUT2D eigenvalue weighted by molar-refractivity contribution is -0.132. The molecule has 0 saturated carbocycles. The maximum Gasteiger partial charge on any atom is 0.222 e. The van der Waals surface area contributed by atoms with E-state index in [-0.39, 0.29) is 5.91 Å². The van der Waals surface area contributed by atoms with Crippen LogP contribution in [-0.2, 0) is 11.2 Å². The summed E-state index contributed by atoms with van der Waals surface area (Å²) in [5, 5.41) is 2.13. The predicted molar refractivity (Wildman–Crippen MR) is 102 cm³/mol. The lowest BCUT2D eigenvalue weighted by atomic mass is 9.99. The van der Waals surface area contributed by atoms with E-state index >= 15 is 0 Å². The molecule has 25 heavy (non-hydrogen) atoms. The van der Waals surface area contributed by atoms with Gasteiger partial charge in [0.25, 0.3) is 0 Å². The lowest BCUT2D eigenvalue weighted by Crippen LogP contribution is -2.38. The minimum Gasteiger partial charge on any atom is -0.343 e. The first kappa shape index (κ1) is 16.3. The fourth-order valence-corrected chi connectivity index (χ4v) is 4.32. The maximum atomic E-state index is 12.5. The molecule has 1 saturated heterocycles. The number of piperidine rings is 1. The number of imidazole rings is 1. The van der Waals surface area contributed by atoms with Crippen LogP contribution < -0.4 is 0 Å². The molecule has 4 nitrogen and oxygen atoms in total. The van der Waals surface area contributed by atoms with E-state index in [2.05, 4.69) is 35.0 Å². The molecular formula is C20H23N3OS. The number of amides is 1. The summed E-state index contributed by atoms with van der Waals surface area (Å²) in [7, 11) is 0. The maximum absolute atomic E-state index is 12.5. The van der Waals surface area contributed by atoms with E-state index in [1.165, 1.54) is 5.69 Å². The highest BCUT2D eigenvalue weighted by Crippen LogP contribution is 2.24. The van der Waals surface area contributed by atoms with Crippen LogP contribution in [0.25, 0.3) is 16.2 Å². The number of aromatic nitrogens is 2. The monoisotopic (exact) mass is 353 g/mol. The smallest absolute Gasteiger partial charge is 0.222 e. The molecule has 3 aromatic rings. The van der Waals surface area contributed by atoms with Gasteiger partial charge in [-0.2, -0.15) is 0 Å². The zero-order valence-electron chi connectivity index (χ0n) is 14.5. The average molecular weight is 353 g/mol. The van der Waals surface area contributed by atoms with Gasteiger partial charge in [-0.15, -0.1) is 11.3 Å². The van der Waals surface area contributed by atoms with Crippen LogP contribution in [0.2, 0.25) is 0 Å². The highest BCUT2D eigenvalue weighted by molar-refractivity contribution is 7.15. The number of benzene rings is 1. The SMILES string of the molecule is CC1CCN(C(=O)CCc2csc3nc(-c4ccccc4)cn23)CC1. The summed E-state index contributed by atoms with van der Waals surface area (Å²) in [6.45, 7) is 4.11. The topological polar surface area (TPSA) is 37.6 Å². The second kappa shape index (κ2) is 7.00. The number of nitrogens with zero attached hydrogens (tertiary/aromatic N) is 3. The third kappa shape index (κ3) is 3.47. The van der Waals surface area contributed by atoms with Crippen molar-refractivity contribution in [2.75, 3.05) is 13.1 Å². The number of thiazole rings is 1. The van der Waals surface area contributed by atoms with Gasteiger partial charge in [-0.25, -0.2) is 4.98 Å². The molecule has 1 aromatic carbocycles. The van der Waals surface area contributed by atoms with Gasteiger partial charge in [0.2, 0.25) is 5.91 Å².